The number of aromatic nitrogens is 2. The number of H-pyrrole nitrogens is 1. The van der Waals surface area contributed by atoms with Crippen molar-refractivity contribution >= 4 is 5.57 Å². The van der Waals surface area contributed by atoms with Crippen LogP contribution in [0, 0.1) is 5.92 Å². The highest BCUT2D eigenvalue weighted by Gasteiger charge is 2.12. The Labute approximate surface area is 72.0 Å². The molecule has 1 N–H and O–H groups in total. The molecule has 0 bridgehead atoms. The molecule has 0 amide bonds. The van der Waals surface area contributed by atoms with Gasteiger partial charge in [0.2, 0.25) is 0 Å². The molecule has 12 heavy (non-hydrogen) atoms. The minimum Gasteiger partial charge on any atom is -0.278 e. The molecule has 0 radical (unpaired) electrons. The van der Waals surface area contributed by atoms with Crippen LogP contribution in [-0.2, 0) is 0 Å². The Morgan fingerprint density at radius 3 is 3.17 bits per heavy atom. The van der Waals surface area contributed by atoms with Crippen LogP contribution in [-0.4, -0.2) is 10.2 Å². The molecule has 0 saturated carbocycles. The van der Waals surface area contributed by atoms with Crippen molar-refractivity contribution < 1.29 is 0 Å². The van der Waals surface area contributed by atoms with E-state index in [9.17, 15) is 0 Å². The van der Waals surface area contributed by atoms with Crippen LogP contribution in [0.1, 0.15) is 19.0 Å². The van der Waals surface area contributed by atoms with Crippen LogP contribution < -0.4 is 0 Å². The fraction of sp³-hybridized carbons (Fsp3) is 0.300. The van der Waals surface area contributed by atoms with Crippen molar-refractivity contribution in [2.45, 2.75) is 13.3 Å². The van der Waals surface area contributed by atoms with Gasteiger partial charge in [0, 0.05) is 6.20 Å². The molecule has 2 nitrogen and oxygen atoms in total. The Morgan fingerprint density at radius 2 is 2.50 bits per heavy atom. The zero-order valence-corrected chi connectivity index (χ0v) is 7.12. The van der Waals surface area contributed by atoms with E-state index >= 15 is 0 Å². The van der Waals surface area contributed by atoms with Crippen LogP contribution in [0.3, 0.4) is 0 Å². The number of hydrogen-bond acceptors (Lipinski definition) is 1. The summed E-state index contributed by atoms with van der Waals surface area (Å²) >= 11 is 0. The molecule has 0 fully saturated rings. The van der Waals surface area contributed by atoms with Crippen molar-refractivity contribution in [1.29, 1.82) is 0 Å². The maximum atomic E-state index is 3.94. The molecule has 1 atom stereocenters. The highest BCUT2D eigenvalue weighted by molar-refractivity contribution is 5.66. The van der Waals surface area contributed by atoms with Crippen LogP contribution in [0.15, 0.2) is 30.5 Å². The maximum Gasteiger partial charge on any atom is 0.0612 e. The second kappa shape index (κ2) is 2.97. The lowest BCUT2D eigenvalue weighted by Crippen LogP contribution is -2.00. The first-order chi connectivity index (χ1) is 5.88. The molecular weight excluding hydrogens is 148 g/mol. The lowest BCUT2D eigenvalue weighted by Gasteiger charge is -2.14. The highest BCUT2D eigenvalue weighted by Crippen LogP contribution is 2.27. The Kier molecular flexibility index (Phi) is 1.82. The third kappa shape index (κ3) is 1.20. The summed E-state index contributed by atoms with van der Waals surface area (Å²) in [6.45, 7) is 2.23. The fourth-order valence-corrected chi connectivity index (χ4v) is 1.52. The lowest BCUT2D eigenvalue weighted by atomic mass is 9.91. The predicted octanol–water partition coefficient (Wildman–Crippen LogP) is 2.39. The molecule has 1 aliphatic carbocycles. The van der Waals surface area contributed by atoms with Gasteiger partial charge in [0.1, 0.15) is 0 Å². The molecule has 62 valence electrons. The van der Waals surface area contributed by atoms with E-state index in [2.05, 4.69) is 35.3 Å². The Balaban J connectivity index is 2.34. The zero-order chi connectivity index (χ0) is 8.39. The molecule has 1 unspecified atom stereocenters. The molecular formula is C10H12N2. The number of nitrogens with one attached hydrogen (secondary N) is 1. The van der Waals surface area contributed by atoms with Crippen molar-refractivity contribution in [3.63, 3.8) is 0 Å². The van der Waals surface area contributed by atoms with Crippen molar-refractivity contribution in [1.82, 2.24) is 10.2 Å². The predicted molar refractivity (Wildman–Crippen MR) is 49.5 cm³/mol. The van der Waals surface area contributed by atoms with E-state index in [4.69, 9.17) is 0 Å². The van der Waals surface area contributed by atoms with Crippen molar-refractivity contribution in [2.24, 2.45) is 5.92 Å². The monoisotopic (exact) mass is 160 g/mol. The fourth-order valence-electron chi connectivity index (χ4n) is 1.52. The summed E-state index contributed by atoms with van der Waals surface area (Å²) in [7, 11) is 0. The summed E-state index contributed by atoms with van der Waals surface area (Å²) in [5, 5.41) is 6.93. The zero-order valence-electron chi connectivity index (χ0n) is 7.12. The average molecular weight is 160 g/mol. The third-order valence-electron chi connectivity index (χ3n) is 2.24. The van der Waals surface area contributed by atoms with Crippen LogP contribution >= 0.6 is 0 Å². The van der Waals surface area contributed by atoms with E-state index in [-0.39, 0.29) is 0 Å². The van der Waals surface area contributed by atoms with E-state index in [1.165, 1.54) is 5.57 Å². The lowest BCUT2D eigenvalue weighted by molar-refractivity contribution is 0.753. The van der Waals surface area contributed by atoms with Crippen molar-refractivity contribution in [3.05, 3.63) is 36.2 Å². The van der Waals surface area contributed by atoms with Crippen molar-refractivity contribution in [2.75, 3.05) is 0 Å². The molecule has 0 aliphatic heterocycles. The Morgan fingerprint density at radius 1 is 1.58 bits per heavy atom. The number of hydrogen-bond donors (Lipinski definition) is 1. The summed E-state index contributed by atoms with van der Waals surface area (Å²) in [6, 6.07) is 2.02. The summed E-state index contributed by atoms with van der Waals surface area (Å²) in [5.41, 5.74) is 2.50. The maximum absolute atomic E-state index is 3.94. The van der Waals surface area contributed by atoms with E-state index in [0.29, 0.717) is 5.92 Å². The largest absolute Gasteiger partial charge is 0.278 e. The molecule has 1 aromatic rings. The average Bonchev–Trinajstić information content (AvgIpc) is 2.57. The second-order valence-electron chi connectivity index (χ2n) is 3.16. The van der Waals surface area contributed by atoms with Crippen molar-refractivity contribution in [3.8, 4) is 0 Å². The highest BCUT2D eigenvalue weighted by atomic mass is 15.1. The molecule has 1 heterocycles. The SMILES string of the molecule is CC1CC=CC=C1c1ccn[nH]1. The molecule has 1 aliphatic rings. The van der Waals surface area contributed by atoms with Gasteiger partial charge >= 0.3 is 0 Å². The Bertz CT molecular complexity index is 307. The first-order valence-corrected chi connectivity index (χ1v) is 4.24. The van der Waals surface area contributed by atoms with Gasteiger partial charge in [-0.2, -0.15) is 5.10 Å². The molecule has 0 saturated heterocycles. The number of rotatable bonds is 1. The standard InChI is InChI=1S/C10H12N2/c1-8-4-2-3-5-9(8)10-6-7-11-12-10/h2-3,5-8H,4H2,1H3,(H,11,12). The quantitative estimate of drug-likeness (QED) is 0.671. The first kappa shape index (κ1) is 7.35. The molecule has 0 spiro atoms. The summed E-state index contributed by atoms with van der Waals surface area (Å²) in [4.78, 5) is 0. The summed E-state index contributed by atoms with van der Waals surface area (Å²) < 4.78 is 0. The van der Waals surface area contributed by atoms with Gasteiger partial charge in [-0.3, -0.25) is 5.10 Å². The molecule has 2 heteroatoms. The van der Waals surface area contributed by atoms with E-state index < -0.39 is 0 Å². The van der Waals surface area contributed by atoms with Gasteiger partial charge in [-0.1, -0.05) is 25.2 Å². The summed E-state index contributed by atoms with van der Waals surface area (Å²) in [5.74, 6) is 0.607. The second-order valence-corrected chi connectivity index (χ2v) is 3.16. The smallest absolute Gasteiger partial charge is 0.0612 e. The topological polar surface area (TPSA) is 28.7 Å². The van der Waals surface area contributed by atoms with Gasteiger partial charge in [0.05, 0.1) is 5.69 Å². The summed E-state index contributed by atoms with van der Waals surface area (Å²) in [6.07, 6.45) is 9.38. The number of nitrogens with zero attached hydrogens (tertiary/aromatic N) is 1. The molecule has 2 rings (SSSR count). The number of aromatic amines is 1. The van der Waals surface area contributed by atoms with E-state index in [1.807, 2.05) is 6.07 Å². The minimum absolute atomic E-state index is 0.607. The minimum atomic E-state index is 0.607. The van der Waals surface area contributed by atoms with Crippen LogP contribution in [0.25, 0.3) is 5.57 Å². The third-order valence-corrected chi connectivity index (χ3v) is 2.24. The van der Waals surface area contributed by atoms with Crippen LogP contribution in [0.5, 0.6) is 0 Å². The normalized spacial score (nSPS) is 22.4. The van der Waals surface area contributed by atoms with Gasteiger partial charge in [0.15, 0.2) is 0 Å². The van der Waals surface area contributed by atoms with Crippen LogP contribution in [0.2, 0.25) is 0 Å². The van der Waals surface area contributed by atoms with Gasteiger partial charge in [0.25, 0.3) is 0 Å². The van der Waals surface area contributed by atoms with E-state index in [0.717, 1.165) is 12.1 Å². The molecule has 1 aromatic heterocycles. The van der Waals surface area contributed by atoms with Gasteiger partial charge in [-0.25, -0.2) is 0 Å². The van der Waals surface area contributed by atoms with Gasteiger partial charge in [-0.05, 0) is 24.0 Å². The number of allylic oxidation sites excluding steroid dienone is 4. The molecule has 0 aromatic carbocycles. The first-order valence-electron chi connectivity index (χ1n) is 4.24. The van der Waals surface area contributed by atoms with Gasteiger partial charge in [-0.15, -0.1) is 0 Å². The Hall–Kier alpha value is -1.31. The van der Waals surface area contributed by atoms with Gasteiger partial charge < -0.3 is 0 Å². The van der Waals surface area contributed by atoms with Crippen LogP contribution in [0.4, 0.5) is 0 Å². The van der Waals surface area contributed by atoms with E-state index in [1.54, 1.807) is 6.20 Å².